The Labute approximate surface area is 112 Å². The van der Waals surface area contributed by atoms with Gasteiger partial charge in [0, 0.05) is 36.0 Å². The predicted molar refractivity (Wildman–Crippen MR) is 73.7 cm³/mol. The Morgan fingerprint density at radius 3 is 3.06 bits per heavy atom. The van der Waals surface area contributed by atoms with Crippen molar-refractivity contribution in [2.24, 2.45) is 11.7 Å². The molecule has 1 aliphatic rings. The molecule has 2 atom stereocenters. The van der Waals surface area contributed by atoms with Crippen molar-refractivity contribution < 1.29 is 0 Å². The maximum Gasteiger partial charge on any atom is 0.0486 e. The van der Waals surface area contributed by atoms with Crippen molar-refractivity contribution in [2.45, 2.75) is 25.8 Å². The Morgan fingerprint density at radius 1 is 1.59 bits per heavy atom. The number of pyridine rings is 1. The van der Waals surface area contributed by atoms with Crippen molar-refractivity contribution >= 4 is 15.9 Å². The average Bonchev–Trinajstić information content (AvgIpc) is 2.30. The van der Waals surface area contributed by atoms with Gasteiger partial charge < -0.3 is 5.73 Å². The molecule has 0 bridgehead atoms. The van der Waals surface area contributed by atoms with E-state index in [9.17, 15) is 0 Å². The molecule has 0 amide bonds. The minimum Gasteiger partial charge on any atom is -0.329 e. The van der Waals surface area contributed by atoms with Crippen LogP contribution in [0.4, 0.5) is 0 Å². The molecular formula is C13H20BrN3. The quantitative estimate of drug-likeness (QED) is 0.932. The molecule has 0 radical (unpaired) electrons. The molecule has 2 N–H and O–H groups in total. The van der Waals surface area contributed by atoms with Gasteiger partial charge in [0.05, 0.1) is 0 Å². The van der Waals surface area contributed by atoms with Gasteiger partial charge in [0.1, 0.15) is 0 Å². The third kappa shape index (κ3) is 3.27. The molecule has 0 aromatic carbocycles. The SMILES string of the molecule is CC1CCCN(C(CN)c2cncc(Br)c2)C1. The first kappa shape index (κ1) is 13.0. The molecule has 1 aromatic rings. The lowest BCUT2D eigenvalue weighted by molar-refractivity contribution is 0.133. The van der Waals surface area contributed by atoms with Gasteiger partial charge in [-0.3, -0.25) is 9.88 Å². The van der Waals surface area contributed by atoms with Crippen LogP contribution in [0.5, 0.6) is 0 Å². The van der Waals surface area contributed by atoms with Gasteiger partial charge in [0.2, 0.25) is 0 Å². The molecule has 3 nitrogen and oxygen atoms in total. The van der Waals surface area contributed by atoms with Gasteiger partial charge in [-0.15, -0.1) is 0 Å². The van der Waals surface area contributed by atoms with Crippen LogP contribution < -0.4 is 5.73 Å². The van der Waals surface area contributed by atoms with Crippen LogP contribution in [0.25, 0.3) is 0 Å². The molecule has 1 fully saturated rings. The van der Waals surface area contributed by atoms with E-state index < -0.39 is 0 Å². The summed E-state index contributed by atoms with van der Waals surface area (Å²) in [7, 11) is 0. The van der Waals surface area contributed by atoms with Crippen molar-refractivity contribution in [2.75, 3.05) is 19.6 Å². The van der Waals surface area contributed by atoms with E-state index >= 15 is 0 Å². The number of hydrogen-bond donors (Lipinski definition) is 1. The van der Waals surface area contributed by atoms with Crippen LogP contribution in [0.2, 0.25) is 0 Å². The van der Waals surface area contributed by atoms with Crippen molar-refractivity contribution in [3.8, 4) is 0 Å². The van der Waals surface area contributed by atoms with E-state index in [0.29, 0.717) is 12.6 Å². The Balaban J connectivity index is 2.15. The summed E-state index contributed by atoms with van der Waals surface area (Å²) in [5, 5.41) is 0. The fraction of sp³-hybridized carbons (Fsp3) is 0.615. The minimum atomic E-state index is 0.308. The predicted octanol–water partition coefficient (Wildman–Crippen LogP) is 2.58. The van der Waals surface area contributed by atoms with Crippen molar-refractivity contribution in [3.05, 3.63) is 28.5 Å². The third-order valence-electron chi connectivity index (χ3n) is 3.46. The molecule has 0 spiro atoms. The zero-order valence-corrected chi connectivity index (χ0v) is 11.9. The van der Waals surface area contributed by atoms with E-state index in [1.807, 2.05) is 12.4 Å². The molecule has 1 aliphatic heterocycles. The summed E-state index contributed by atoms with van der Waals surface area (Å²) in [6, 6.07) is 2.44. The zero-order valence-electron chi connectivity index (χ0n) is 10.3. The van der Waals surface area contributed by atoms with Gasteiger partial charge >= 0.3 is 0 Å². The first-order chi connectivity index (χ1) is 8.20. The Hall–Kier alpha value is -0.450. The maximum absolute atomic E-state index is 5.95. The van der Waals surface area contributed by atoms with Gasteiger partial charge in [-0.2, -0.15) is 0 Å². The number of nitrogens with two attached hydrogens (primary N) is 1. The fourth-order valence-electron chi connectivity index (χ4n) is 2.62. The van der Waals surface area contributed by atoms with Crippen LogP contribution in [-0.2, 0) is 0 Å². The second-order valence-electron chi connectivity index (χ2n) is 4.93. The van der Waals surface area contributed by atoms with Crippen LogP contribution in [0, 0.1) is 5.92 Å². The first-order valence-electron chi connectivity index (χ1n) is 6.25. The number of piperidine rings is 1. The van der Waals surface area contributed by atoms with Gasteiger partial charge in [0.25, 0.3) is 0 Å². The molecule has 17 heavy (non-hydrogen) atoms. The fourth-order valence-corrected chi connectivity index (χ4v) is 3.00. The molecule has 2 heterocycles. The minimum absolute atomic E-state index is 0.308. The molecule has 2 rings (SSSR count). The van der Waals surface area contributed by atoms with E-state index in [1.165, 1.54) is 18.4 Å². The Bertz CT molecular complexity index is 369. The Morgan fingerprint density at radius 2 is 2.41 bits per heavy atom. The van der Waals surface area contributed by atoms with Gasteiger partial charge in [-0.1, -0.05) is 6.92 Å². The first-order valence-corrected chi connectivity index (χ1v) is 7.04. The van der Waals surface area contributed by atoms with Crippen LogP contribution in [-0.4, -0.2) is 29.5 Å². The molecule has 1 aromatic heterocycles. The molecule has 0 saturated carbocycles. The van der Waals surface area contributed by atoms with Crippen LogP contribution in [0.1, 0.15) is 31.4 Å². The summed E-state index contributed by atoms with van der Waals surface area (Å²) in [6.45, 7) is 5.27. The maximum atomic E-state index is 5.95. The lowest BCUT2D eigenvalue weighted by Crippen LogP contribution is -2.40. The highest BCUT2D eigenvalue weighted by Gasteiger charge is 2.24. The highest BCUT2D eigenvalue weighted by molar-refractivity contribution is 9.10. The number of halogens is 1. The van der Waals surface area contributed by atoms with E-state index in [4.69, 9.17) is 5.73 Å². The highest BCUT2D eigenvalue weighted by atomic mass is 79.9. The number of aromatic nitrogens is 1. The molecule has 1 saturated heterocycles. The lowest BCUT2D eigenvalue weighted by atomic mass is 9.97. The summed E-state index contributed by atoms with van der Waals surface area (Å²) >= 11 is 3.47. The Kier molecular flexibility index (Phi) is 4.54. The molecule has 2 unspecified atom stereocenters. The van der Waals surface area contributed by atoms with Crippen molar-refractivity contribution in [1.82, 2.24) is 9.88 Å². The molecule has 4 heteroatoms. The van der Waals surface area contributed by atoms with E-state index in [1.54, 1.807) is 0 Å². The van der Waals surface area contributed by atoms with Gasteiger partial charge in [0.15, 0.2) is 0 Å². The molecule has 94 valence electrons. The zero-order chi connectivity index (χ0) is 12.3. The van der Waals surface area contributed by atoms with Gasteiger partial charge in [-0.05, 0) is 52.9 Å². The number of nitrogens with zero attached hydrogens (tertiary/aromatic N) is 2. The molecule has 0 aliphatic carbocycles. The third-order valence-corrected chi connectivity index (χ3v) is 3.90. The number of rotatable bonds is 3. The lowest BCUT2D eigenvalue weighted by Gasteiger charge is -2.36. The van der Waals surface area contributed by atoms with Crippen LogP contribution in [0.3, 0.4) is 0 Å². The van der Waals surface area contributed by atoms with E-state index in [0.717, 1.165) is 23.5 Å². The summed E-state index contributed by atoms with van der Waals surface area (Å²) in [5.74, 6) is 0.776. The number of likely N-dealkylation sites (tertiary alicyclic amines) is 1. The summed E-state index contributed by atoms with van der Waals surface area (Å²) < 4.78 is 1.03. The second-order valence-corrected chi connectivity index (χ2v) is 5.85. The second kappa shape index (κ2) is 5.94. The smallest absolute Gasteiger partial charge is 0.0486 e. The number of hydrogen-bond acceptors (Lipinski definition) is 3. The van der Waals surface area contributed by atoms with Crippen molar-refractivity contribution in [1.29, 1.82) is 0 Å². The van der Waals surface area contributed by atoms with E-state index in [2.05, 4.69) is 38.8 Å². The van der Waals surface area contributed by atoms with E-state index in [-0.39, 0.29) is 0 Å². The summed E-state index contributed by atoms with van der Waals surface area (Å²) in [6.07, 6.45) is 6.36. The van der Waals surface area contributed by atoms with Crippen LogP contribution >= 0.6 is 15.9 Å². The normalized spacial score (nSPS) is 23.6. The van der Waals surface area contributed by atoms with Crippen molar-refractivity contribution in [3.63, 3.8) is 0 Å². The van der Waals surface area contributed by atoms with Crippen LogP contribution in [0.15, 0.2) is 22.9 Å². The van der Waals surface area contributed by atoms with Gasteiger partial charge in [-0.25, -0.2) is 0 Å². The topological polar surface area (TPSA) is 42.1 Å². The summed E-state index contributed by atoms with van der Waals surface area (Å²) in [5.41, 5.74) is 7.16. The summed E-state index contributed by atoms with van der Waals surface area (Å²) in [4.78, 5) is 6.74. The largest absolute Gasteiger partial charge is 0.329 e. The molecular weight excluding hydrogens is 278 g/mol. The monoisotopic (exact) mass is 297 g/mol. The standard InChI is InChI=1S/C13H20BrN3/c1-10-3-2-4-17(9-10)13(6-15)11-5-12(14)8-16-7-11/h5,7-8,10,13H,2-4,6,9,15H2,1H3. The highest BCUT2D eigenvalue weighted by Crippen LogP contribution is 2.26. The average molecular weight is 298 g/mol.